The highest BCUT2D eigenvalue weighted by Gasteiger charge is 2.08. The van der Waals surface area contributed by atoms with Crippen LogP contribution in [0.5, 0.6) is 5.75 Å². The summed E-state index contributed by atoms with van der Waals surface area (Å²) in [5.41, 5.74) is 2.34. The Morgan fingerprint density at radius 2 is 1.89 bits per heavy atom. The highest BCUT2D eigenvalue weighted by molar-refractivity contribution is 7.14. The Hall–Kier alpha value is -2.34. The number of halogens is 2. The second-order valence-corrected chi connectivity index (χ2v) is 7.13. The van der Waals surface area contributed by atoms with E-state index < -0.39 is 0 Å². The topological polar surface area (TPSA) is 51.2 Å². The van der Waals surface area contributed by atoms with Crippen LogP contribution in [0.15, 0.2) is 53.9 Å². The summed E-state index contributed by atoms with van der Waals surface area (Å²) in [6.07, 6.45) is 2.96. The van der Waals surface area contributed by atoms with Crippen molar-refractivity contribution in [2.24, 2.45) is 0 Å². The standard InChI is InChI=1S/C20H16Cl2N2O2S/c1-2-26-14-8-6-13(7-9-14)18-12-27-20(23-18)24-19(25)11-10-15-16(21)4-3-5-17(15)22/h3-12H,2H2,1H3,(H,23,24,25). The Kier molecular flexibility index (Phi) is 6.50. The molecule has 0 fully saturated rings. The molecule has 0 spiro atoms. The molecular formula is C20H16Cl2N2O2S. The number of thiazole rings is 1. The number of nitrogens with one attached hydrogen (secondary N) is 1. The molecule has 1 heterocycles. The number of hydrogen-bond acceptors (Lipinski definition) is 4. The smallest absolute Gasteiger partial charge is 0.250 e. The Bertz CT molecular complexity index is 948. The molecule has 0 unspecified atom stereocenters. The molecule has 1 N–H and O–H groups in total. The third kappa shape index (κ3) is 5.10. The Morgan fingerprint density at radius 1 is 1.19 bits per heavy atom. The van der Waals surface area contributed by atoms with E-state index in [0.29, 0.717) is 27.3 Å². The first-order valence-electron chi connectivity index (χ1n) is 8.18. The molecular weight excluding hydrogens is 403 g/mol. The summed E-state index contributed by atoms with van der Waals surface area (Å²) < 4.78 is 5.43. The second-order valence-electron chi connectivity index (χ2n) is 5.45. The molecule has 1 aromatic heterocycles. The lowest BCUT2D eigenvalue weighted by Gasteiger charge is -2.03. The number of hydrogen-bond donors (Lipinski definition) is 1. The molecule has 1 amide bonds. The molecule has 0 aliphatic rings. The van der Waals surface area contributed by atoms with Crippen LogP contribution in [-0.4, -0.2) is 17.5 Å². The van der Waals surface area contributed by atoms with Crippen LogP contribution in [-0.2, 0) is 4.79 Å². The van der Waals surface area contributed by atoms with Gasteiger partial charge in [-0.3, -0.25) is 10.1 Å². The summed E-state index contributed by atoms with van der Waals surface area (Å²) >= 11 is 13.5. The molecule has 7 heteroatoms. The van der Waals surface area contributed by atoms with Crippen molar-refractivity contribution in [1.82, 2.24) is 4.98 Å². The quantitative estimate of drug-likeness (QED) is 0.487. The predicted molar refractivity (Wildman–Crippen MR) is 113 cm³/mol. The van der Waals surface area contributed by atoms with Crippen molar-refractivity contribution in [2.45, 2.75) is 6.92 Å². The van der Waals surface area contributed by atoms with Crippen molar-refractivity contribution < 1.29 is 9.53 Å². The van der Waals surface area contributed by atoms with Crippen molar-refractivity contribution in [3.63, 3.8) is 0 Å². The van der Waals surface area contributed by atoms with E-state index in [4.69, 9.17) is 27.9 Å². The molecule has 3 aromatic rings. The van der Waals surface area contributed by atoms with Crippen molar-refractivity contribution in [3.05, 3.63) is 69.5 Å². The average Bonchev–Trinajstić information content (AvgIpc) is 3.10. The van der Waals surface area contributed by atoms with Crippen LogP contribution in [0, 0.1) is 0 Å². The molecule has 0 aliphatic heterocycles. The van der Waals surface area contributed by atoms with Gasteiger partial charge in [0, 0.05) is 32.6 Å². The van der Waals surface area contributed by atoms with E-state index in [0.717, 1.165) is 17.0 Å². The fourth-order valence-electron chi connectivity index (χ4n) is 2.33. The maximum atomic E-state index is 12.1. The van der Waals surface area contributed by atoms with Gasteiger partial charge in [-0.25, -0.2) is 4.98 Å². The largest absolute Gasteiger partial charge is 0.494 e. The van der Waals surface area contributed by atoms with Gasteiger partial charge in [0.15, 0.2) is 5.13 Å². The van der Waals surface area contributed by atoms with Gasteiger partial charge < -0.3 is 4.74 Å². The predicted octanol–water partition coefficient (Wildman–Crippen LogP) is 6.17. The molecule has 138 valence electrons. The molecule has 3 rings (SSSR count). The lowest BCUT2D eigenvalue weighted by molar-refractivity contribution is -0.111. The first-order chi connectivity index (χ1) is 13.1. The van der Waals surface area contributed by atoms with Crippen LogP contribution in [0.4, 0.5) is 5.13 Å². The number of carbonyl (C=O) groups is 1. The first-order valence-corrected chi connectivity index (χ1v) is 9.82. The van der Waals surface area contributed by atoms with Crippen LogP contribution in [0.2, 0.25) is 10.0 Å². The average molecular weight is 419 g/mol. The van der Waals surface area contributed by atoms with Crippen molar-refractivity contribution >= 4 is 51.7 Å². The van der Waals surface area contributed by atoms with Gasteiger partial charge in [-0.15, -0.1) is 11.3 Å². The van der Waals surface area contributed by atoms with E-state index in [9.17, 15) is 4.79 Å². The minimum atomic E-state index is -0.307. The van der Waals surface area contributed by atoms with E-state index in [1.807, 2.05) is 36.6 Å². The summed E-state index contributed by atoms with van der Waals surface area (Å²) in [5.74, 6) is 0.506. The maximum absolute atomic E-state index is 12.1. The van der Waals surface area contributed by atoms with Gasteiger partial charge in [-0.05, 0) is 49.4 Å². The van der Waals surface area contributed by atoms with Crippen LogP contribution >= 0.6 is 34.5 Å². The van der Waals surface area contributed by atoms with E-state index in [1.165, 1.54) is 17.4 Å². The lowest BCUT2D eigenvalue weighted by atomic mass is 10.2. The highest BCUT2D eigenvalue weighted by atomic mass is 35.5. The van der Waals surface area contributed by atoms with Gasteiger partial charge in [0.05, 0.1) is 12.3 Å². The number of rotatable bonds is 6. The van der Waals surface area contributed by atoms with Crippen molar-refractivity contribution in [1.29, 1.82) is 0 Å². The lowest BCUT2D eigenvalue weighted by Crippen LogP contribution is -2.07. The normalized spacial score (nSPS) is 10.9. The van der Waals surface area contributed by atoms with Crippen LogP contribution in [0.3, 0.4) is 0 Å². The van der Waals surface area contributed by atoms with Gasteiger partial charge in [0.2, 0.25) is 5.91 Å². The Balaban J connectivity index is 1.66. The third-order valence-corrected chi connectivity index (χ3v) is 5.01. The number of amides is 1. The van der Waals surface area contributed by atoms with Crippen LogP contribution in [0.1, 0.15) is 12.5 Å². The van der Waals surface area contributed by atoms with E-state index in [2.05, 4.69) is 10.3 Å². The van der Waals surface area contributed by atoms with Gasteiger partial charge in [-0.1, -0.05) is 29.3 Å². The Morgan fingerprint density at radius 3 is 2.56 bits per heavy atom. The van der Waals surface area contributed by atoms with Gasteiger partial charge in [0.1, 0.15) is 5.75 Å². The number of carbonyl (C=O) groups excluding carboxylic acids is 1. The molecule has 0 saturated carbocycles. The summed E-state index contributed by atoms with van der Waals surface area (Å²) in [6.45, 7) is 2.57. The SMILES string of the molecule is CCOc1ccc(-c2csc(NC(=O)C=Cc3c(Cl)cccc3Cl)n2)cc1. The fraction of sp³-hybridized carbons (Fsp3) is 0.100. The zero-order valence-corrected chi connectivity index (χ0v) is 16.7. The fourth-order valence-corrected chi connectivity index (χ4v) is 3.57. The first kappa shape index (κ1) is 19.4. The zero-order valence-electron chi connectivity index (χ0n) is 14.4. The van der Waals surface area contributed by atoms with Gasteiger partial charge in [0.25, 0.3) is 0 Å². The molecule has 0 atom stereocenters. The Labute approximate surface area is 171 Å². The third-order valence-electron chi connectivity index (χ3n) is 3.60. The molecule has 4 nitrogen and oxygen atoms in total. The second kappa shape index (κ2) is 9.04. The molecule has 0 saturated heterocycles. The monoisotopic (exact) mass is 418 g/mol. The number of anilines is 1. The number of nitrogens with zero attached hydrogens (tertiary/aromatic N) is 1. The van der Waals surface area contributed by atoms with Crippen molar-refractivity contribution in [3.8, 4) is 17.0 Å². The number of benzene rings is 2. The molecule has 0 aliphatic carbocycles. The minimum Gasteiger partial charge on any atom is -0.494 e. The van der Waals surface area contributed by atoms with Gasteiger partial charge >= 0.3 is 0 Å². The molecule has 0 bridgehead atoms. The van der Waals surface area contributed by atoms with Crippen LogP contribution in [0.25, 0.3) is 17.3 Å². The van der Waals surface area contributed by atoms with E-state index in [1.54, 1.807) is 24.3 Å². The zero-order chi connectivity index (χ0) is 19.2. The number of aromatic nitrogens is 1. The summed E-state index contributed by atoms with van der Waals surface area (Å²) in [7, 11) is 0. The molecule has 0 radical (unpaired) electrons. The highest BCUT2D eigenvalue weighted by Crippen LogP contribution is 2.27. The maximum Gasteiger partial charge on any atom is 0.250 e. The van der Waals surface area contributed by atoms with Crippen molar-refractivity contribution in [2.75, 3.05) is 11.9 Å². The summed E-state index contributed by atoms with van der Waals surface area (Å²) in [6, 6.07) is 12.8. The van der Waals surface area contributed by atoms with Crippen LogP contribution < -0.4 is 10.1 Å². The summed E-state index contributed by atoms with van der Waals surface area (Å²) in [5, 5.41) is 6.11. The summed E-state index contributed by atoms with van der Waals surface area (Å²) in [4.78, 5) is 16.6. The molecule has 2 aromatic carbocycles. The molecule has 27 heavy (non-hydrogen) atoms. The van der Waals surface area contributed by atoms with E-state index >= 15 is 0 Å². The number of ether oxygens (including phenoxy) is 1. The van der Waals surface area contributed by atoms with E-state index in [-0.39, 0.29) is 5.91 Å². The van der Waals surface area contributed by atoms with Gasteiger partial charge in [-0.2, -0.15) is 0 Å². The minimum absolute atomic E-state index is 0.307.